The first-order valence-electron chi connectivity index (χ1n) is 5.75. The fourth-order valence-electron chi connectivity index (χ4n) is 1.66. The number of rotatable bonds is 4. The van der Waals surface area contributed by atoms with Gasteiger partial charge in [0.2, 0.25) is 0 Å². The predicted molar refractivity (Wildman–Crippen MR) is 82.3 cm³/mol. The van der Waals surface area contributed by atoms with Gasteiger partial charge < -0.3 is 10.5 Å². The number of ether oxygens (including phenoxy) is 1. The van der Waals surface area contributed by atoms with Crippen LogP contribution in [-0.4, -0.2) is 15.5 Å². The van der Waals surface area contributed by atoms with Crippen LogP contribution in [0.3, 0.4) is 0 Å². The number of nitrogen functional groups attached to an aromatic ring is 1. The largest absolute Gasteiger partial charge is 0.495 e. The minimum absolute atomic E-state index is 0.158. The van der Waals surface area contributed by atoms with Gasteiger partial charge in [-0.2, -0.15) is 0 Å². The average Bonchev–Trinajstić information content (AvgIpc) is 2.43. The maximum Gasteiger partial charge on any atom is 0.264 e. The summed E-state index contributed by atoms with van der Waals surface area (Å²) in [5, 5.41) is 0. The lowest BCUT2D eigenvalue weighted by Crippen LogP contribution is -2.15. The van der Waals surface area contributed by atoms with E-state index in [9.17, 15) is 12.8 Å². The second-order valence-corrected chi connectivity index (χ2v) is 6.65. The second-order valence-electron chi connectivity index (χ2n) is 4.14. The van der Waals surface area contributed by atoms with E-state index in [2.05, 4.69) is 20.7 Å². The topological polar surface area (TPSA) is 81.4 Å². The van der Waals surface area contributed by atoms with Crippen molar-refractivity contribution in [3.8, 4) is 5.75 Å². The summed E-state index contributed by atoms with van der Waals surface area (Å²) in [6.07, 6.45) is 0. The first-order valence-corrected chi connectivity index (χ1v) is 8.02. The van der Waals surface area contributed by atoms with Crippen LogP contribution >= 0.6 is 15.9 Å². The molecule has 5 nitrogen and oxygen atoms in total. The number of nitrogens with one attached hydrogen (secondary N) is 1. The normalized spacial score (nSPS) is 11.2. The minimum Gasteiger partial charge on any atom is -0.495 e. The minimum atomic E-state index is -4.08. The van der Waals surface area contributed by atoms with Gasteiger partial charge in [0.05, 0.1) is 17.3 Å². The van der Waals surface area contributed by atoms with Gasteiger partial charge in [0.1, 0.15) is 16.5 Å². The summed E-state index contributed by atoms with van der Waals surface area (Å²) in [5.74, 6) is -0.427. The lowest BCUT2D eigenvalue weighted by molar-refractivity contribution is 0.412. The van der Waals surface area contributed by atoms with E-state index >= 15 is 0 Å². The van der Waals surface area contributed by atoms with Gasteiger partial charge in [-0.1, -0.05) is 0 Å². The Kier molecular flexibility index (Phi) is 4.38. The van der Waals surface area contributed by atoms with Crippen LogP contribution in [0, 0.1) is 5.82 Å². The number of sulfonamides is 1. The molecule has 0 heterocycles. The number of anilines is 2. The van der Waals surface area contributed by atoms with Crippen LogP contribution in [0.1, 0.15) is 0 Å². The zero-order chi connectivity index (χ0) is 15.6. The number of hydrogen-bond donors (Lipinski definition) is 2. The molecule has 2 rings (SSSR count). The summed E-state index contributed by atoms with van der Waals surface area (Å²) in [6.45, 7) is 0. The zero-order valence-electron chi connectivity index (χ0n) is 10.9. The van der Waals surface area contributed by atoms with E-state index in [0.717, 1.165) is 12.1 Å². The molecule has 0 saturated carbocycles. The van der Waals surface area contributed by atoms with E-state index in [-0.39, 0.29) is 11.4 Å². The van der Waals surface area contributed by atoms with Crippen molar-refractivity contribution in [2.45, 2.75) is 4.90 Å². The van der Waals surface area contributed by atoms with E-state index in [0.29, 0.717) is 10.2 Å². The molecule has 0 bridgehead atoms. The van der Waals surface area contributed by atoms with Crippen molar-refractivity contribution in [3.05, 3.63) is 46.7 Å². The number of benzene rings is 2. The lowest BCUT2D eigenvalue weighted by atomic mass is 10.3. The van der Waals surface area contributed by atoms with Crippen LogP contribution in [0.2, 0.25) is 0 Å². The summed E-state index contributed by atoms with van der Waals surface area (Å²) in [4.78, 5) is -0.510. The van der Waals surface area contributed by atoms with Crippen LogP contribution in [-0.2, 0) is 10.0 Å². The Hall–Kier alpha value is -1.80. The van der Waals surface area contributed by atoms with E-state index in [4.69, 9.17) is 10.5 Å². The molecule has 0 spiro atoms. The van der Waals surface area contributed by atoms with E-state index < -0.39 is 20.7 Å². The van der Waals surface area contributed by atoms with Crippen LogP contribution in [0.5, 0.6) is 5.75 Å². The number of nitrogens with two attached hydrogens (primary N) is 1. The first kappa shape index (κ1) is 15.6. The van der Waals surface area contributed by atoms with Crippen LogP contribution in [0.4, 0.5) is 15.8 Å². The Morgan fingerprint density at radius 1 is 1.24 bits per heavy atom. The quantitative estimate of drug-likeness (QED) is 0.806. The summed E-state index contributed by atoms with van der Waals surface area (Å²) >= 11 is 3.26. The lowest BCUT2D eigenvalue weighted by Gasteiger charge is -2.11. The van der Waals surface area contributed by atoms with E-state index in [1.807, 2.05) is 0 Å². The molecule has 21 heavy (non-hydrogen) atoms. The fraction of sp³-hybridized carbons (Fsp3) is 0.0769. The molecule has 2 aromatic carbocycles. The third kappa shape index (κ3) is 3.45. The van der Waals surface area contributed by atoms with Crippen LogP contribution in [0.25, 0.3) is 0 Å². The maximum atomic E-state index is 13.7. The highest BCUT2D eigenvalue weighted by molar-refractivity contribution is 9.10. The Bertz CT molecular complexity index is 781. The molecular formula is C13H12BrFN2O3S. The van der Waals surface area contributed by atoms with Gasteiger partial charge in [-0.05, 0) is 46.3 Å². The van der Waals surface area contributed by atoms with Crippen LogP contribution < -0.4 is 15.2 Å². The monoisotopic (exact) mass is 374 g/mol. The van der Waals surface area contributed by atoms with Crippen molar-refractivity contribution >= 4 is 37.3 Å². The Labute approximate surface area is 130 Å². The van der Waals surface area contributed by atoms with Crippen molar-refractivity contribution in [3.63, 3.8) is 0 Å². The van der Waals surface area contributed by atoms with Gasteiger partial charge >= 0.3 is 0 Å². The molecule has 0 aliphatic heterocycles. The van der Waals surface area contributed by atoms with Crippen molar-refractivity contribution < 1.29 is 17.5 Å². The highest BCUT2D eigenvalue weighted by Gasteiger charge is 2.20. The molecule has 0 amide bonds. The molecule has 0 fully saturated rings. The number of hydrogen-bond acceptors (Lipinski definition) is 4. The standard InChI is InChI=1S/C13H12BrFN2O3S/c1-20-12-7-9(3-4-10(12)14)17-21(18,19)13-6-8(16)2-5-11(13)15/h2-7,17H,16H2,1H3. The average molecular weight is 375 g/mol. The Morgan fingerprint density at radius 2 is 1.95 bits per heavy atom. The summed E-state index contributed by atoms with van der Waals surface area (Å²) in [6, 6.07) is 7.98. The Balaban J connectivity index is 2.40. The molecule has 3 N–H and O–H groups in total. The predicted octanol–water partition coefficient (Wildman–Crippen LogP) is 2.98. The number of methoxy groups -OCH3 is 1. The zero-order valence-corrected chi connectivity index (χ0v) is 13.3. The van der Waals surface area contributed by atoms with E-state index in [1.165, 1.54) is 25.3 Å². The highest BCUT2D eigenvalue weighted by Crippen LogP contribution is 2.29. The molecular weight excluding hydrogens is 363 g/mol. The van der Waals surface area contributed by atoms with Crippen molar-refractivity contribution in [2.24, 2.45) is 0 Å². The van der Waals surface area contributed by atoms with E-state index in [1.54, 1.807) is 6.07 Å². The second kappa shape index (κ2) is 5.90. The summed E-state index contributed by atoms with van der Waals surface area (Å²) < 4.78 is 46.1. The molecule has 0 saturated heterocycles. The third-order valence-corrected chi connectivity index (χ3v) is 4.70. The molecule has 0 aliphatic carbocycles. The molecule has 0 aromatic heterocycles. The van der Waals surface area contributed by atoms with Crippen molar-refractivity contribution in [1.82, 2.24) is 0 Å². The van der Waals surface area contributed by atoms with Crippen molar-refractivity contribution in [1.29, 1.82) is 0 Å². The Morgan fingerprint density at radius 3 is 2.62 bits per heavy atom. The van der Waals surface area contributed by atoms with Gasteiger partial charge in [-0.25, -0.2) is 12.8 Å². The van der Waals surface area contributed by atoms with Crippen LogP contribution in [0.15, 0.2) is 45.8 Å². The van der Waals surface area contributed by atoms with Gasteiger partial charge in [0, 0.05) is 11.8 Å². The molecule has 8 heteroatoms. The third-order valence-electron chi connectivity index (χ3n) is 2.65. The summed E-state index contributed by atoms with van der Waals surface area (Å²) in [5.41, 5.74) is 5.90. The van der Waals surface area contributed by atoms with Gasteiger partial charge in [-0.3, -0.25) is 4.72 Å². The highest BCUT2D eigenvalue weighted by atomic mass is 79.9. The summed E-state index contributed by atoms with van der Waals surface area (Å²) in [7, 11) is -2.63. The fourth-order valence-corrected chi connectivity index (χ4v) is 3.23. The van der Waals surface area contributed by atoms with Gasteiger partial charge in [0.25, 0.3) is 10.0 Å². The molecule has 0 atom stereocenters. The smallest absolute Gasteiger partial charge is 0.264 e. The first-order chi connectivity index (χ1) is 9.83. The van der Waals surface area contributed by atoms with Crippen molar-refractivity contribution in [2.75, 3.05) is 17.6 Å². The SMILES string of the molecule is COc1cc(NS(=O)(=O)c2cc(N)ccc2F)ccc1Br. The molecule has 0 radical (unpaired) electrons. The molecule has 112 valence electrons. The van der Waals surface area contributed by atoms with Gasteiger partial charge in [0.15, 0.2) is 0 Å². The molecule has 2 aromatic rings. The molecule has 0 unspecified atom stereocenters. The maximum absolute atomic E-state index is 13.7. The molecule has 0 aliphatic rings. The van der Waals surface area contributed by atoms with Gasteiger partial charge in [-0.15, -0.1) is 0 Å². The number of halogens is 2.